The molecule has 1 aromatic heterocycles. The number of hydrogen-bond acceptors (Lipinski definition) is 4. The van der Waals surface area contributed by atoms with Gasteiger partial charge in [0.25, 0.3) is 0 Å². The fourth-order valence-electron chi connectivity index (χ4n) is 2.59. The van der Waals surface area contributed by atoms with E-state index in [4.69, 9.17) is 5.11 Å². The van der Waals surface area contributed by atoms with Crippen LogP contribution >= 0.6 is 0 Å². The molecule has 6 heteroatoms. The van der Waals surface area contributed by atoms with Crippen LogP contribution in [0.25, 0.3) is 10.9 Å². The van der Waals surface area contributed by atoms with E-state index in [1.165, 1.54) is 12.1 Å². The lowest BCUT2D eigenvalue weighted by atomic mass is 10.1. The topological polar surface area (TPSA) is 66.3 Å². The second kappa shape index (κ2) is 6.46. The highest BCUT2D eigenvalue weighted by Gasteiger charge is 2.24. The Bertz CT molecular complexity index is 725. The van der Waals surface area contributed by atoms with Gasteiger partial charge in [0, 0.05) is 43.3 Å². The number of nitrogens with zero attached hydrogens (tertiary/aromatic N) is 1. The lowest BCUT2D eigenvalue weighted by Gasteiger charge is -2.13. The monoisotopic (exact) mass is 305 g/mol. The van der Waals surface area contributed by atoms with Crippen molar-refractivity contribution >= 4 is 16.6 Å². The van der Waals surface area contributed by atoms with E-state index in [1.54, 1.807) is 12.3 Å². The summed E-state index contributed by atoms with van der Waals surface area (Å²) in [5.41, 5.74) is 1.03. The third kappa shape index (κ3) is 3.13. The molecule has 3 rings (SSSR count). The molecular weight excluding hydrogens is 285 g/mol. The molecule has 0 amide bonds. The van der Waals surface area contributed by atoms with Crippen molar-refractivity contribution in [2.24, 2.45) is 0 Å². The number of anilines is 1. The maximum Gasteiger partial charge on any atom is 0.189 e. The minimum Gasteiger partial charge on any atom is -0.395 e. The fourth-order valence-corrected chi connectivity index (χ4v) is 2.59. The van der Waals surface area contributed by atoms with Crippen LogP contribution in [0.15, 0.2) is 29.2 Å². The number of aliphatic hydroxyl groups excluding tert-OH is 1. The van der Waals surface area contributed by atoms with Crippen LogP contribution in [0.4, 0.5) is 10.1 Å². The Balaban J connectivity index is 1.86. The summed E-state index contributed by atoms with van der Waals surface area (Å²) in [6, 6.07) is 4.97. The summed E-state index contributed by atoms with van der Waals surface area (Å²) in [5, 5.41) is 15.2. The van der Waals surface area contributed by atoms with Gasteiger partial charge in [-0.3, -0.25) is 4.79 Å². The molecule has 2 aromatic rings. The molecule has 1 heterocycles. The van der Waals surface area contributed by atoms with Crippen molar-refractivity contribution in [3.05, 3.63) is 40.4 Å². The Morgan fingerprint density at radius 3 is 2.82 bits per heavy atom. The zero-order valence-electron chi connectivity index (χ0n) is 12.3. The summed E-state index contributed by atoms with van der Waals surface area (Å²) in [5.74, 6) is -0.416. The summed E-state index contributed by atoms with van der Waals surface area (Å²) in [4.78, 5) is 11.9. The van der Waals surface area contributed by atoms with Gasteiger partial charge in [-0.05, 0) is 25.0 Å². The van der Waals surface area contributed by atoms with Crippen LogP contribution in [-0.2, 0) is 0 Å². The van der Waals surface area contributed by atoms with Gasteiger partial charge >= 0.3 is 0 Å². The van der Waals surface area contributed by atoms with Gasteiger partial charge in [-0.2, -0.15) is 0 Å². The van der Waals surface area contributed by atoms with Gasteiger partial charge in [-0.15, -0.1) is 0 Å². The van der Waals surface area contributed by atoms with E-state index in [0.717, 1.165) is 18.4 Å². The molecule has 5 nitrogen and oxygen atoms in total. The molecule has 22 heavy (non-hydrogen) atoms. The van der Waals surface area contributed by atoms with Crippen molar-refractivity contribution in [2.75, 3.05) is 31.6 Å². The molecular formula is C16H20FN3O2. The van der Waals surface area contributed by atoms with Crippen LogP contribution in [-0.4, -0.2) is 35.9 Å². The van der Waals surface area contributed by atoms with E-state index in [0.29, 0.717) is 36.7 Å². The SMILES string of the molecule is O=c1ccn(C2CC2)c2cc(NCCNCCO)c(F)cc12. The highest BCUT2D eigenvalue weighted by molar-refractivity contribution is 5.83. The summed E-state index contributed by atoms with van der Waals surface area (Å²) in [6.45, 7) is 1.77. The van der Waals surface area contributed by atoms with Gasteiger partial charge < -0.3 is 20.3 Å². The molecule has 0 bridgehead atoms. The highest BCUT2D eigenvalue weighted by atomic mass is 19.1. The molecule has 3 N–H and O–H groups in total. The smallest absolute Gasteiger partial charge is 0.189 e. The van der Waals surface area contributed by atoms with Crippen LogP contribution in [0.1, 0.15) is 18.9 Å². The van der Waals surface area contributed by atoms with Gasteiger partial charge in [0.05, 0.1) is 17.8 Å². The van der Waals surface area contributed by atoms with Crippen LogP contribution in [0, 0.1) is 5.82 Å². The molecule has 0 radical (unpaired) electrons. The van der Waals surface area contributed by atoms with Crippen LogP contribution < -0.4 is 16.1 Å². The highest BCUT2D eigenvalue weighted by Crippen LogP contribution is 2.37. The van der Waals surface area contributed by atoms with Gasteiger partial charge in [0.15, 0.2) is 5.43 Å². The summed E-state index contributed by atoms with van der Waals surface area (Å²) >= 11 is 0. The first-order valence-corrected chi connectivity index (χ1v) is 7.60. The van der Waals surface area contributed by atoms with Crippen molar-refractivity contribution in [3.63, 3.8) is 0 Å². The molecule has 0 aliphatic heterocycles. The third-order valence-electron chi connectivity index (χ3n) is 3.86. The van der Waals surface area contributed by atoms with E-state index in [-0.39, 0.29) is 12.0 Å². The number of hydrogen-bond donors (Lipinski definition) is 3. The number of pyridine rings is 1. The van der Waals surface area contributed by atoms with E-state index in [1.807, 2.05) is 0 Å². The second-order valence-electron chi connectivity index (χ2n) is 5.57. The maximum atomic E-state index is 14.2. The number of fused-ring (bicyclic) bond motifs is 1. The van der Waals surface area contributed by atoms with Crippen LogP contribution in [0.2, 0.25) is 0 Å². The van der Waals surface area contributed by atoms with Gasteiger partial charge in [0.1, 0.15) is 5.82 Å². The molecule has 0 atom stereocenters. The minimum absolute atomic E-state index is 0.0814. The van der Waals surface area contributed by atoms with Gasteiger partial charge in [-0.1, -0.05) is 0 Å². The van der Waals surface area contributed by atoms with Crippen LogP contribution in [0.5, 0.6) is 0 Å². The zero-order valence-corrected chi connectivity index (χ0v) is 12.3. The standard InChI is InChI=1S/C16H20FN3O2/c17-13-9-12-15(10-14(13)19-5-4-18-6-8-21)20(11-1-2-11)7-3-16(12)22/h3,7,9-11,18-19,21H,1-2,4-6,8H2. The molecule has 0 unspecified atom stereocenters. The van der Waals surface area contributed by atoms with Crippen LogP contribution in [0.3, 0.4) is 0 Å². The first-order chi connectivity index (χ1) is 10.7. The van der Waals surface area contributed by atoms with E-state index >= 15 is 0 Å². The fraction of sp³-hybridized carbons (Fsp3) is 0.438. The molecule has 1 fully saturated rings. The Hall–Kier alpha value is -1.92. The van der Waals surface area contributed by atoms with E-state index < -0.39 is 5.82 Å². The molecule has 1 aliphatic rings. The number of aromatic nitrogens is 1. The Morgan fingerprint density at radius 2 is 2.09 bits per heavy atom. The Kier molecular flexibility index (Phi) is 4.40. The summed E-state index contributed by atoms with van der Waals surface area (Å²) in [6.07, 6.45) is 4.00. The number of halogens is 1. The average Bonchev–Trinajstić information content (AvgIpc) is 3.33. The predicted molar refractivity (Wildman–Crippen MR) is 84.9 cm³/mol. The lowest BCUT2D eigenvalue weighted by molar-refractivity contribution is 0.293. The van der Waals surface area contributed by atoms with Gasteiger partial charge in [-0.25, -0.2) is 4.39 Å². The zero-order chi connectivity index (χ0) is 15.5. The third-order valence-corrected chi connectivity index (χ3v) is 3.86. The lowest BCUT2D eigenvalue weighted by Crippen LogP contribution is -2.25. The predicted octanol–water partition coefficient (Wildman–Crippen LogP) is 1.47. The van der Waals surface area contributed by atoms with Crippen molar-refractivity contribution in [2.45, 2.75) is 18.9 Å². The van der Waals surface area contributed by atoms with Crippen molar-refractivity contribution in [1.82, 2.24) is 9.88 Å². The molecule has 0 saturated heterocycles. The van der Waals surface area contributed by atoms with Crippen molar-refractivity contribution in [3.8, 4) is 0 Å². The van der Waals surface area contributed by atoms with Crippen molar-refractivity contribution in [1.29, 1.82) is 0 Å². The Labute approximate surface area is 127 Å². The largest absolute Gasteiger partial charge is 0.395 e. The quantitative estimate of drug-likeness (QED) is 0.678. The molecule has 1 aromatic carbocycles. The summed E-state index contributed by atoms with van der Waals surface area (Å²) in [7, 11) is 0. The number of benzene rings is 1. The molecule has 118 valence electrons. The second-order valence-corrected chi connectivity index (χ2v) is 5.57. The van der Waals surface area contributed by atoms with E-state index in [9.17, 15) is 9.18 Å². The van der Waals surface area contributed by atoms with Gasteiger partial charge in [0.2, 0.25) is 0 Å². The molecule has 1 saturated carbocycles. The average molecular weight is 305 g/mol. The van der Waals surface area contributed by atoms with Crippen molar-refractivity contribution < 1.29 is 9.50 Å². The maximum absolute atomic E-state index is 14.2. The number of nitrogens with one attached hydrogen (secondary N) is 2. The first-order valence-electron chi connectivity index (χ1n) is 7.60. The normalized spacial score (nSPS) is 14.5. The number of rotatable bonds is 7. The molecule has 1 aliphatic carbocycles. The Morgan fingerprint density at radius 1 is 1.27 bits per heavy atom. The number of aliphatic hydroxyl groups is 1. The molecule has 0 spiro atoms. The van der Waals surface area contributed by atoms with E-state index in [2.05, 4.69) is 15.2 Å². The first kappa shape index (κ1) is 15.0. The summed E-state index contributed by atoms with van der Waals surface area (Å²) < 4.78 is 16.2. The minimum atomic E-state index is -0.416.